The summed E-state index contributed by atoms with van der Waals surface area (Å²) in [4.78, 5) is 0. The van der Waals surface area contributed by atoms with Crippen molar-refractivity contribution in [1.82, 2.24) is 5.32 Å². The van der Waals surface area contributed by atoms with Gasteiger partial charge in [0.2, 0.25) is 0 Å². The number of ether oxygens (including phenoxy) is 2. The molecular formula is C16H25NO3. The molecule has 0 aliphatic heterocycles. The van der Waals surface area contributed by atoms with Crippen molar-refractivity contribution in [2.45, 2.75) is 26.4 Å². The van der Waals surface area contributed by atoms with Crippen molar-refractivity contribution in [3.05, 3.63) is 24.3 Å². The Morgan fingerprint density at radius 1 is 1.30 bits per heavy atom. The van der Waals surface area contributed by atoms with E-state index in [9.17, 15) is 5.11 Å². The van der Waals surface area contributed by atoms with E-state index in [2.05, 4.69) is 19.2 Å². The molecule has 1 aromatic rings. The van der Waals surface area contributed by atoms with Gasteiger partial charge in [0.25, 0.3) is 0 Å². The van der Waals surface area contributed by atoms with Crippen LogP contribution in [0.15, 0.2) is 24.3 Å². The standard InChI is InChI=1S/C16H25NO3/c1-16(2)8-12(16)9-17-10-13(18)11-20-15-6-4-14(19-3)5-7-15/h4-7,12-13,17-18H,8-11H2,1-3H3. The van der Waals surface area contributed by atoms with Gasteiger partial charge in [0.05, 0.1) is 7.11 Å². The maximum Gasteiger partial charge on any atom is 0.119 e. The summed E-state index contributed by atoms with van der Waals surface area (Å²) in [5, 5.41) is 13.2. The van der Waals surface area contributed by atoms with Crippen LogP contribution in [0, 0.1) is 11.3 Å². The molecule has 2 rings (SSSR count). The van der Waals surface area contributed by atoms with Crippen LogP contribution in [0.4, 0.5) is 0 Å². The van der Waals surface area contributed by atoms with E-state index < -0.39 is 6.10 Å². The topological polar surface area (TPSA) is 50.7 Å². The van der Waals surface area contributed by atoms with Crippen LogP contribution in [0.2, 0.25) is 0 Å². The van der Waals surface area contributed by atoms with Crippen LogP contribution in [0.25, 0.3) is 0 Å². The maximum atomic E-state index is 9.86. The molecule has 0 bridgehead atoms. The summed E-state index contributed by atoms with van der Waals surface area (Å²) in [7, 11) is 1.63. The summed E-state index contributed by atoms with van der Waals surface area (Å²) in [6.07, 6.45) is 0.789. The molecule has 0 saturated heterocycles. The van der Waals surface area contributed by atoms with Crippen molar-refractivity contribution in [2.24, 2.45) is 11.3 Å². The first-order valence-electron chi connectivity index (χ1n) is 7.17. The summed E-state index contributed by atoms with van der Waals surface area (Å²) in [6, 6.07) is 7.36. The Morgan fingerprint density at radius 2 is 1.90 bits per heavy atom. The number of rotatable bonds is 8. The second-order valence-electron chi connectivity index (χ2n) is 6.19. The van der Waals surface area contributed by atoms with Gasteiger partial charge in [0.15, 0.2) is 0 Å². The first-order valence-corrected chi connectivity index (χ1v) is 7.17. The van der Waals surface area contributed by atoms with Crippen LogP contribution in [-0.2, 0) is 0 Å². The average Bonchev–Trinajstić information content (AvgIpc) is 3.04. The first kappa shape index (κ1) is 15.1. The number of nitrogens with one attached hydrogen (secondary N) is 1. The average molecular weight is 279 g/mol. The first-order chi connectivity index (χ1) is 9.51. The second-order valence-corrected chi connectivity index (χ2v) is 6.19. The lowest BCUT2D eigenvalue weighted by atomic mass is 10.1. The fourth-order valence-corrected chi connectivity index (χ4v) is 2.27. The third kappa shape index (κ3) is 4.39. The van der Waals surface area contributed by atoms with Crippen LogP contribution in [0.5, 0.6) is 11.5 Å². The van der Waals surface area contributed by atoms with E-state index in [-0.39, 0.29) is 0 Å². The highest BCUT2D eigenvalue weighted by Gasteiger charge is 2.44. The van der Waals surface area contributed by atoms with E-state index in [1.165, 1.54) is 6.42 Å². The van der Waals surface area contributed by atoms with E-state index in [0.29, 0.717) is 18.6 Å². The van der Waals surface area contributed by atoms with Gasteiger partial charge in [-0.05, 0) is 48.6 Å². The molecule has 0 amide bonds. The molecule has 1 fully saturated rings. The van der Waals surface area contributed by atoms with Crippen LogP contribution >= 0.6 is 0 Å². The SMILES string of the molecule is COc1ccc(OCC(O)CNCC2CC2(C)C)cc1. The molecule has 2 N–H and O–H groups in total. The Kier molecular flexibility index (Phi) is 4.89. The molecule has 0 spiro atoms. The van der Waals surface area contributed by atoms with Gasteiger partial charge in [0.1, 0.15) is 24.2 Å². The lowest BCUT2D eigenvalue weighted by Crippen LogP contribution is -2.33. The zero-order valence-electron chi connectivity index (χ0n) is 12.6. The molecule has 2 unspecified atom stereocenters. The highest BCUT2D eigenvalue weighted by atomic mass is 16.5. The van der Waals surface area contributed by atoms with Gasteiger partial charge < -0.3 is 19.9 Å². The largest absolute Gasteiger partial charge is 0.497 e. The van der Waals surface area contributed by atoms with E-state index in [1.54, 1.807) is 7.11 Å². The third-order valence-corrected chi connectivity index (χ3v) is 3.99. The number of methoxy groups -OCH3 is 1. The van der Waals surface area contributed by atoms with Crippen LogP contribution in [0.1, 0.15) is 20.3 Å². The molecule has 20 heavy (non-hydrogen) atoms. The van der Waals surface area contributed by atoms with Crippen LogP contribution < -0.4 is 14.8 Å². The molecule has 1 aliphatic rings. The zero-order chi connectivity index (χ0) is 14.6. The summed E-state index contributed by atoms with van der Waals surface area (Å²) in [5.74, 6) is 2.29. The van der Waals surface area contributed by atoms with Crippen LogP contribution in [-0.4, -0.2) is 38.0 Å². The third-order valence-electron chi connectivity index (χ3n) is 3.99. The lowest BCUT2D eigenvalue weighted by Gasteiger charge is -2.14. The van der Waals surface area contributed by atoms with Gasteiger partial charge in [-0.2, -0.15) is 0 Å². The zero-order valence-corrected chi connectivity index (χ0v) is 12.6. The normalized spacial score (nSPS) is 21.3. The molecule has 1 saturated carbocycles. The van der Waals surface area contributed by atoms with Crippen molar-refractivity contribution in [1.29, 1.82) is 0 Å². The van der Waals surface area contributed by atoms with Gasteiger partial charge in [-0.1, -0.05) is 13.8 Å². The molecule has 0 radical (unpaired) electrons. The monoisotopic (exact) mass is 279 g/mol. The smallest absolute Gasteiger partial charge is 0.119 e. The Balaban J connectivity index is 1.60. The van der Waals surface area contributed by atoms with Crippen LogP contribution in [0.3, 0.4) is 0 Å². The number of benzene rings is 1. The maximum absolute atomic E-state index is 9.86. The summed E-state index contributed by atoms with van der Waals surface area (Å²) < 4.78 is 10.6. The number of aliphatic hydroxyl groups excluding tert-OH is 1. The number of hydrogen-bond donors (Lipinski definition) is 2. The van der Waals surface area contributed by atoms with E-state index in [1.807, 2.05) is 24.3 Å². The van der Waals surface area contributed by atoms with Gasteiger partial charge in [-0.3, -0.25) is 0 Å². The van der Waals surface area contributed by atoms with Gasteiger partial charge in [-0.15, -0.1) is 0 Å². The number of hydrogen-bond acceptors (Lipinski definition) is 4. The van der Waals surface area contributed by atoms with Crippen molar-refractivity contribution in [2.75, 3.05) is 26.8 Å². The minimum absolute atomic E-state index is 0.299. The van der Waals surface area contributed by atoms with Crippen molar-refractivity contribution in [3.8, 4) is 11.5 Å². The lowest BCUT2D eigenvalue weighted by molar-refractivity contribution is 0.106. The van der Waals surface area contributed by atoms with Crippen molar-refractivity contribution in [3.63, 3.8) is 0 Å². The van der Waals surface area contributed by atoms with Gasteiger partial charge >= 0.3 is 0 Å². The predicted molar refractivity (Wildman–Crippen MR) is 79.3 cm³/mol. The molecule has 4 heteroatoms. The summed E-state index contributed by atoms with van der Waals surface area (Å²) in [5.41, 5.74) is 0.484. The highest BCUT2D eigenvalue weighted by Crippen LogP contribution is 2.50. The fraction of sp³-hybridized carbons (Fsp3) is 0.625. The summed E-state index contributed by atoms with van der Waals surface area (Å²) >= 11 is 0. The molecule has 0 heterocycles. The van der Waals surface area contributed by atoms with E-state index in [4.69, 9.17) is 9.47 Å². The van der Waals surface area contributed by atoms with E-state index >= 15 is 0 Å². The van der Waals surface area contributed by atoms with Gasteiger partial charge in [-0.25, -0.2) is 0 Å². The van der Waals surface area contributed by atoms with Crippen molar-refractivity contribution < 1.29 is 14.6 Å². The minimum atomic E-state index is -0.487. The molecule has 1 aliphatic carbocycles. The quantitative estimate of drug-likeness (QED) is 0.765. The Morgan fingerprint density at radius 3 is 2.45 bits per heavy atom. The Hall–Kier alpha value is -1.26. The minimum Gasteiger partial charge on any atom is -0.497 e. The molecule has 1 aromatic carbocycles. The Labute approximate surface area is 121 Å². The molecule has 112 valence electrons. The molecular weight excluding hydrogens is 254 g/mol. The van der Waals surface area contributed by atoms with Crippen molar-refractivity contribution >= 4 is 0 Å². The van der Waals surface area contributed by atoms with Gasteiger partial charge in [0, 0.05) is 6.54 Å². The second kappa shape index (κ2) is 6.46. The highest BCUT2D eigenvalue weighted by molar-refractivity contribution is 5.31. The molecule has 2 atom stereocenters. The summed E-state index contributed by atoms with van der Waals surface area (Å²) in [6.45, 7) is 6.41. The molecule has 4 nitrogen and oxygen atoms in total. The molecule has 0 aromatic heterocycles. The fourth-order valence-electron chi connectivity index (χ4n) is 2.27. The predicted octanol–water partition coefficient (Wildman–Crippen LogP) is 2.07. The van der Waals surface area contributed by atoms with E-state index in [0.717, 1.165) is 24.0 Å². The number of aliphatic hydroxyl groups is 1. The Bertz CT molecular complexity index is 416.